The largest absolute Gasteiger partial charge is 0.419 e. The van der Waals surface area contributed by atoms with E-state index in [1.54, 1.807) is 17.5 Å². The van der Waals surface area contributed by atoms with E-state index >= 15 is 0 Å². The summed E-state index contributed by atoms with van der Waals surface area (Å²) in [5.74, 6) is -0.747. The molecule has 1 amide bonds. The zero-order valence-electron chi connectivity index (χ0n) is 11.0. The highest BCUT2D eigenvalue weighted by atomic mass is 32.1. The van der Waals surface area contributed by atoms with Gasteiger partial charge in [-0.05, 0) is 11.4 Å². The second-order valence-corrected chi connectivity index (χ2v) is 5.94. The maximum absolute atomic E-state index is 12.6. The Kier molecular flexibility index (Phi) is 4.38. The van der Waals surface area contributed by atoms with Crippen molar-refractivity contribution in [3.8, 4) is 0 Å². The first-order valence-corrected chi connectivity index (χ1v) is 7.24. The maximum Gasteiger partial charge on any atom is 0.419 e. The Morgan fingerprint density at radius 2 is 2.10 bits per heavy atom. The van der Waals surface area contributed by atoms with Crippen LogP contribution in [0.3, 0.4) is 0 Å². The molecule has 2 heterocycles. The number of carbonyl (C=O) groups is 2. The number of hydrogen-bond donors (Lipinski definition) is 1. The van der Waals surface area contributed by atoms with Gasteiger partial charge in [-0.3, -0.25) is 9.59 Å². The van der Waals surface area contributed by atoms with Gasteiger partial charge in [-0.25, -0.2) is 0 Å². The molecule has 1 fully saturated rings. The third-order valence-electron chi connectivity index (χ3n) is 3.49. The number of halogens is 3. The quantitative estimate of drug-likeness (QED) is 0.865. The SMILES string of the molecule is O=C(CCC(=O)N1CC[C@](O)(C(F)(F)F)C1)c1cccs1. The topological polar surface area (TPSA) is 57.6 Å². The van der Waals surface area contributed by atoms with Gasteiger partial charge in [0.1, 0.15) is 0 Å². The average Bonchev–Trinajstić information content (AvgIpc) is 3.04. The van der Waals surface area contributed by atoms with Gasteiger partial charge < -0.3 is 10.0 Å². The number of Topliss-reactive ketones (excluding diaryl/α,β-unsaturated/α-hetero) is 1. The lowest BCUT2D eigenvalue weighted by Crippen LogP contribution is -2.48. The molecule has 8 heteroatoms. The number of aliphatic hydroxyl groups is 1. The van der Waals surface area contributed by atoms with Crippen LogP contribution < -0.4 is 0 Å². The molecule has 1 atom stereocenters. The minimum absolute atomic E-state index is 0.0414. The molecule has 0 radical (unpaired) electrons. The van der Waals surface area contributed by atoms with Crippen LogP contribution in [0.5, 0.6) is 0 Å². The number of hydrogen-bond acceptors (Lipinski definition) is 4. The van der Waals surface area contributed by atoms with Crippen LogP contribution in [0.15, 0.2) is 17.5 Å². The molecule has 1 aliphatic heterocycles. The van der Waals surface area contributed by atoms with Crippen molar-refractivity contribution in [2.45, 2.75) is 31.0 Å². The third kappa shape index (κ3) is 3.44. The summed E-state index contributed by atoms with van der Waals surface area (Å²) >= 11 is 1.25. The molecule has 116 valence electrons. The van der Waals surface area contributed by atoms with Crippen LogP contribution in [-0.2, 0) is 4.79 Å². The van der Waals surface area contributed by atoms with E-state index in [4.69, 9.17) is 0 Å². The van der Waals surface area contributed by atoms with Crippen molar-refractivity contribution in [1.29, 1.82) is 0 Å². The molecule has 0 unspecified atom stereocenters. The second kappa shape index (κ2) is 5.76. The first kappa shape index (κ1) is 16.0. The lowest BCUT2D eigenvalue weighted by Gasteiger charge is -2.25. The predicted molar refractivity (Wildman–Crippen MR) is 70.1 cm³/mol. The number of rotatable bonds is 4. The van der Waals surface area contributed by atoms with Gasteiger partial charge >= 0.3 is 6.18 Å². The van der Waals surface area contributed by atoms with Crippen molar-refractivity contribution in [3.63, 3.8) is 0 Å². The second-order valence-electron chi connectivity index (χ2n) is 5.00. The van der Waals surface area contributed by atoms with E-state index in [1.165, 1.54) is 11.3 Å². The molecule has 21 heavy (non-hydrogen) atoms. The van der Waals surface area contributed by atoms with Gasteiger partial charge in [-0.15, -0.1) is 11.3 Å². The number of nitrogens with zero attached hydrogens (tertiary/aromatic N) is 1. The van der Waals surface area contributed by atoms with Gasteiger partial charge in [0.2, 0.25) is 5.91 Å². The molecule has 0 aliphatic carbocycles. The molecule has 0 bridgehead atoms. The van der Waals surface area contributed by atoms with Crippen molar-refractivity contribution in [2.75, 3.05) is 13.1 Å². The smallest absolute Gasteiger partial charge is 0.379 e. The molecule has 0 aromatic carbocycles. The van der Waals surface area contributed by atoms with E-state index in [2.05, 4.69) is 0 Å². The summed E-state index contributed by atoms with van der Waals surface area (Å²) in [6, 6.07) is 3.35. The lowest BCUT2D eigenvalue weighted by atomic mass is 10.0. The minimum atomic E-state index is -4.76. The first-order chi connectivity index (χ1) is 9.73. The van der Waals surface area contributed by atoms with E-state index in [0.29, 0.717) is 4.88 Å². The van der Waals surface area contributed by atoms with Crippen molar-refractivity contribution < 1.29 is 27.9 Å². The summed E-state index contributed by atoms with van der Waals surface area (Å²) in [4.78, 5) is 25.0. The molecule has 1 saturated heterocycles. The predicted octanol–water partition coefficient (Wildman–Crippen LogP) is 2.24. The number of alkyl halides is 3. The molecule has 2 rings (SSSR count). The van der Waals surface area contributed by atoms with Crippen molar-refractivity contribution in [1.82, 2.24) is 4.90 Å². The summed E-state index contributed by atoms with van der Waals surface area (Å²) in [5.41, 5.74) is -2.83. The molecule has 0 saturated carbocycles. The van der Waals surface area contributed by atoms with Gasteiger partial charge in [0.15, 0.2) is 11.4 Å². The fraction of sp³-hybridized carbons (Fsp3) is 0.538. The van der Waals surface area contributed by atoms with E-state index in [0.717, 1.165) is 4.90 Å². The zero-order chi connectivity index (χ0) is 15.7. The summed E-state index contributed by atoms with van der Waals surface area (Å²) in [6.45, 7) is -0.912. The summed E-state index contributed by atoms with van der Waals surface area (Å²) in [6.07, 6.45) is -5.47. The van der Waals surface area contributed by atoms with Gasteiger partial charge in [0.25, 0.3) is 0 Å². The summed E-state index contributed by atoms with van der Waals surface area (Å²) < 4.78 is 37.9. The molecule has 0 spiro atoms. The van der Waals surface area contributed by atoms with E-state index in [9.17, 15) is 27.9 Å². The van der Waals surface area contributed by atoms with Crippen LogP contribution in [0.25, 0.3) is 0 Å². The Morgan fingerprint density at radius 1 is 1.38 bits per heavy atom. The van der Waals surface area contributed by atoms with Crippen LogP contribution in [0, 0.1) is 0 Å². The van der Waals surface area contributed by atoms with Crippen molar-refractivity contribution in [3.05, 3.63) is 22.4 Å². The van der Waals surface area contributed by atoms with Crippen molar-refractivity contribution in [2.24, 2.45) is 0 Å². The highest BCUT2D eigenvalue weighted by molar-refractivity contribution is 7.12. The van der Waals surface area contributed by atoms with Crippen LogP contribution in [-0.4, -0.2) is 46.6 Å². The Hall–Kier alpha value is -1.41. The van der Waals surface area contributed by atoms with Gasteiger partial charge in [-0.1, -0.05) is 6.07 Å². The zero-order valence-corrected chi connectivity index (χ0v) is 11.8. The molecular weight excluding hydrogens is 307 g/mol. The third-order valence-corrected chi connectivity index (χ3v) is 4.40. The van der Waals surface area contributed by atoms with E-state index in [1.807, 2.05) is 0 Å². The number of likely N-dealkylation sites (tertiary alicyclic amines) is 1. The highest BCUT2D eigenvalue weighted by Crippen LogP contribution is 2.37. The number of amides is 1. The van der Waals surface area contributed by atoms with Gasteiger partial charge in [-0.2, -0.15) is 13.2 Å². The van der Waals surface area contributed by atoms with Crippen LogP contribution >= 0.6 is 11.3 Å². The summed E-state index contributed by atoms with van der Waals surface area (Å²) in [5, 5.41) is 11.2. The van der Waals surface area contributed by atoms with Gasteiger partial charge in [0.05, 0.1) is 11.4 Å². The van der Waals surface area contributed by atoms with Gasteiger partial charge in [0, 0.05) is 25.8 Å². The summed E-state index contributed by atoms with van der Waals surface area (Å²) in [7, 11) is 0. The fourth-order valence-electron chi connectivity index (χ4n) is 2.18. The van der Waals surface area contributed by atoms with Crippen LogP contribution in [0.4, 0.5) is 13.2 Å². The highest BCUT2D eigenvalue weighted by Gasteiger charge is 2.57. The van der Waals surface area contributed by atoms with Crippen molar-refractivity contribution >= 4 is 23.0 Å². The molecule has 1 N–H and O–H groups in total. The molecule has 1 aromatic heterocycles. The first-order valence-electron chi connectivity index (χ1n) is 6.36. The number of ketones is 1. The average molecular weight is 321 g/mol. The lowest BCUT2D eigenvalue weighted by molar-refractivity contribution is -0.253. The number of β-amino-alcohol motifs (C(OH)–C–C–N with tert-alkyl or cyclic N) is 1. The Labute approximate surface area is 123 Å². The standard InChI is InChI=1S/C13H14F3NO3S/c14-13(15,16)12(20)5-6-17(8-12)11(19)4-3-9(18)10-2-1-7-21-10/h1-2,7,20H,3-6,8H2/t12-/m1/s1. The monoisotopic (exact) mass is 321 g/mol. The Balaban J connectivity index is 1.87. The Morgan fingerprint density at radius 3 is 2.62 bits per heavy atom. The number of thiophene rings is 1. The molecular formula is C13H14F3NO3S. The Bertz CT molecular complexity index is 529. The van der Waals surface area contributed by atoms with Crippen LogP contribution in [0.2, 0.25) is 0 Å². The van der Waals surface area contributed by atoms with E-state index in [-0.39, 0.29) is 25.2 Å². The van der Waals surface area contributed by atoms with Crippen LogP contribution in [0.1, 0.15) is 28.9 Å². The number of carbonyl (C=O) groups excluding carboxylic acids is 2. The molecule has 4 nitrogen and oxygen atoms in total. The molecule has 1 aliphatic rings. The molecule has 1 aromatic rings. The fourth-order valence-corrected chi connectivity index (χ4v) is 2.87. The maximum atomic E-state index is 12.6. The minimum Gasteiger partial charge on any atom is -0.379 e. The normalized spacial score (nSPS) is 22.6. The van der Waals surface area contributed by atoms with E-state index < -0.39 is 30.7 Å².